The number of nitrogens with one attached hydrogen (secondary N) is 1. The number of hydrogen-bond donors (Lipinski definition) is 1. The van der Waals surface area contributed by atoms with Crippen LogP contribution in [0.5, 0.6) is 0 Å². The first kappa shape index (κ1) is 15.9. The van der Waals surface area contributed by atoms with Crippen molar-refractivity contribution < 1.29 is 4.79 Å². The van der Waals surface area contributed by atoms with Gasteiger partial charge in [-0.05, 0) is 43.8 Å². The number of hydrogen-bond acceptors (Lipinski definition) is 5. The van der Waals surface area contributed by atoms with Crippen molar-refractivity contribution in [1.82, 2.24) is 15.2 Å². The lowest BCUT2D eigenvalue weighted by Crippen LogP contribution is -2.33. The second-order valence-electron chi connectivity index (χ2n) is 6.55. The maximum absolute atomic E-state index is 12.3. The Balaban J connectivity index is 0.000000207. The van der Waals surface area contributed by atoms with E-state index in [1.807, 2.05) is 47.0 Å². The van der Waals surface area contributed by atoms with Gasteiger partial charge in [0.25, 0.3) is 5.91 Å². The van der Waals surface area contributed by atoms with Gasteiger partial charge in [0.05, 0.1) is 11.1 Å². The summed E-state index contributed by atoms with van der Waals surface area (Å²) in [7, 11) is 0. The van der Waals surface area contributed by atoms with Gasteiger partial charge < -0.3 is 5.32 Å². The minimum Gasteiger partial charge on any atom is -0.316 e. The Morgan fingerprint density at radius 1 is 1.29 bits per heavy atom. The highest BCUT2D eigenvalue weighted by atomic mass is 32.1. The molecule has 5 rings (SSSR count). The normalized spacial score (nSPS) is 26.7. The molecular formula is C18H19N3OS2. The Labute approximate surface area is 150 Å². The van der Waals surface area contributed by atoms with E-state index in [-0.39, 0.29) is 5.91 Å². The standard InChI is InChI=1S/C14H14N2OS.C4H5NS/c17-13-8-3-1-2-4-9(8)14(18)16(13)7-12-10-5-15-6-11(10)12;1-4-2-6-3-5-4/h1-4,10-12,15H,5-7H2;2-3H,1H3. The van der Waals surface area contributed by atoms with Crippen LogP contribution >= 0.6 is 23.6 Å². The number of carbonyl (C=O) groups excluding carboxylic acids is 1. The molecule has 1 saturated heterocycles. The molecular weight excluding hydrogens is 338 g/mol. The van der Waals surface area contributed by atoms with Crippen molar-refractivity contribution in [3.8, 4) is 0 Å². The lowest BCUT2D eigenvalue weighted by molar-refractivity contribution is 0.0854. The van der Waals surface area contributed by atoms with Crippen LogP contribution in [0.2, 0.25) is 0 Å². The Kier molecular flexibility index (Phi) is 4.20. The topological polar surface area (TPSA) is 45.2 Å². The van der Waals surface area contributed by atoms with Crippen LogP contribution in [0.1, 0.15) is 21.6 Å². The van der Waals surface area contributed by atoms with Gasteiger partial charge in [-0.15, -0.1) is 11.3 Å². The van der Waals surface area contributed by atoms with Crippen LogP contribution in [0.25, 0.3) is 0 Å². The van der Waals surface area contributed by atoms with E-state index in [0.29, 0.717) is 10.9 Å². The summed E-state index contributed by atoms with van der Waals surface area (Å²) in [5.41, 5.74) is 4.64. The molecule has 3 aliphatic rings. The summed E-state index contributed by atoms with van der Waals surface area (Å²) in [6, 6.07) is 7.67. The van der Waals surface area contributed by atoms with Crippen LogP contribution in [0.3, 0.4) is 0 Å². The van der Waals surface area contributed by atoms with E-state index in [1.54, 1.807) is 11.3 Å². The first-order valence-corrected chi connectivity index (χ1v) is 9.52. The Morgan fingerprint density at radius 2 is 2.00 bits per heavy atom. The van der Waals surface area contributed by atoms with Crippen molar-refractivity contribution >= 4 is 34.5 Å². The van der Waals surface area contributed by atoms with E-state index in [9.17, 15) is 4.79 Å². The van der Waals surface area contributed by atoms with Gasteiger partial charge in [-0.3, -0.25) is 14.7 Å². The summed E-state index contributed by atoms with van der Waals surface area (Å²) in [6.45, 7) is 5.01. The first-order valence-electron chi connectivity index (χ1n) is 8.17. The fourth-order valence-electron chi connectivity index (χ4n) is 3.71. The molecule has 124 valence electrons. The molecule has 1 aliphatic carbocycles. The van der Waals surface area contributed by atoms with Gasteiger partial charge in [0.15, 0.2) is 0 Å². The molecule has 2 fully saturated rings. The number of piperidine rings is 1. The number of fused-ring (bicyclic) bond motifs is 2. The van der Waals surface area contributed by atoms with E-state index in [2.05, 4.69) is 10.3 Å². The first-order chi connectivity index (χ1) is 11.7. The molecule has 2 aliphatic heterocycles. The van der Waals surface area contributed by atoms with Gasteiger partial charge in [-0.25, -0.2) is 0 Å². The molecule has 2 unspecified atom stereocenters. The van der Waals surface area contributed by atoms with E-state index < -0.39 is 0 Å². The van der Waals surface area contributed by atoms with E-state index in [1.165, 1.54) is 0 Å². The molecule has 0 bridgehead atoms. The van der Waals surface area contributed by atoms with Crippen molar-refractivity contribution in [1.29, 1.82) is 0 Å². The molecule has 0 spiro atoms. The van der Waals surface area contributed by atoms with Crippen LogP contribution in [0.15, 0.2) is 35.2 Å². The van der Waals surface area contributed by atoms with Crippen LogP contribution in [0.4, 0.5) is 0 Å². The molecule has 0 radical (unpaired) electrons. The van der Waals surface area contributed by atoms with E-state index in [4.69, 9.17) is 12.2 Å². The molecule has 1 aromatic heterocycles. The Hall–Kier alpha value is -1.63. The van der Waals surface area contributed by atoms with Crippen LogP contribution in [-0.2, 0) is 0 Å². The monoisotopic (exact) mass is 357 g/mol. The summed E-state index contributed by atoms with van der Waals surface area (Å²) in [5.74, 6) is 2.28. The van der Waals surface area contributed by atoms with Crippen molar-refractivity contribution in [2.24, 2.45) is 17.8 Å². The van der Waals surface area contributed by atoms with Gasteiger partial charge in [-0.1, -0.05) is 30.4 Å². The van der Waals surface area contributed by atoms with Crippen LogP contribution in [-0.4, -0.2) is 40.4 Å². The third kappa shape index (κ3) is 2.79. The molecule has 4 nitrogen and oxygen atoms in total. The predicted molar refractivity (Wildman–Crippen MR) is 99.4 cm³/mol. The largest absolute Gasteiger partial charge is 0.316 e. The summed E-state index contributed by atoms with van der Waals surface area (Å²) < 4.78 is 0. The third-order valence-corrected chi connectivity index (χ3v) is 6.24. The van der Waals surface area contributed by atoms with Crippen molar-refractivity contribution in [3.63, 3.8) is 0 Å². The third-order valence-electron chi connectivity index (χ3n) is 5.10. The van der Waals surface area contributed by atoms with Gasteiger partial charge in [0.1, 0.15) is 4.99 Å². The lowest BCUT2D eigenvalue weighted by Gasteiger charge is -2.17. The van der Waals surface area contributed by atoms with Crippen LogP contribution in [0, 0.1) is 24.7 Å². The molecule has 24 heavy (non-hydrogen) atoms. The van der Waals surface area contributed by atoms with Gasteiger partial charge in [0, 0.05) is 23.2 Å². The Bertz CT molecular complexity index is 729. The maximum Gasteiger partial charge on any atom is 0.259 e. The fraction of sp³-hybridized carbons (Fsp3) is 0.389. The highest BCUT2D eigenvalue weighted by molar-refractivity contribution is 7.80. The smallest absolute Gasteiger partial charge is 0.259 e. The lowest BCUT2D eigenvalue weighted by atomic mass is 10.1. The number of rotatable bonds is 2. The summed E-state index contributed by atoms with van der Waals surface area (Å²) in [5, 5.41) is 5.39. The summed E-state index contributed by atoms with van der Waals surface area (Å²) in [4.78, 5) is 18.8. The van der Waals surface area contributed by atoms with Crippen molar-refractivity contribution in [2.45, 2.75) is 6.92 Å². The molecule has 3 heterocycles. The second-order valence-corrected chi connectivity index (χ2v) is 7.65. The molecule has 1 N–H and O–H groups in total. The second kappa shape index (κ2) is 6.35. The zero-order valence-electron chi connectivity index (χ0n) is 13.4. The van der Waals surface area contributed by atoms with E-state index in [0.717, 1.165) is 48.3 Å². The average molecular weight is 358 g/mol. The van der Waals surface area contributed by atoms with Gasteiger partial charge in [-0.2, -0.15) is 0 Å². The zero-order chi connectivity index (χ0) is 16.7. The molecule has 1 saturated carbocycles. The SMILES string of the molecule is Cc1cscn1.O=C1c2ccccc2C(=S)N1CC1C2CNCC21. The number of carbonyl (C=O) groups is 1. The maximum atomic E-state index is 12.3. The fourth-order valence-corrected chi connectivity index (χ4v) is 4.59. The highest BCUT2D eigenvalue weighted by Crippen LogP contribution is 2.49. The number of benzene rings is 1. The number of aryl methyl sites for hydroxylation is 1. The quantitative estimate of drug-likeness (QED) is 0.840. The number of aromatic nitrogens is 1. The zero-order valence-corrected chi connectivity index (χ0v) is 15.1. The molecule has 1 amide bonds. The minimum atomic E-state index is 0.0912. The average Bonchev–Trinajstić information content (AvgIpc) is 3.03. The minimum absolute atomic E-state index is 0.0912. The van der Waals surface area contributed by atoms with Gasteiger partial charge >= 0.3 is 0 Å². The predicted octanol–water partition coefficient (Wildman–Crippen LogP) is 2.73. The number of thiocarbonyl (C=S) groups is 1. The van der Waals surface area contributed by atoms with Gasteiger partial charge in [0.2, 0.25) is 0 Å². The molecule has 6 heteroatoms. The summed E-state index contributed by atoms with van der Waals surface area (Å²) >= 11 is 7.07. The van der Waals surface area contributed by atoms with Crippen LogP contribution < -0.4 is 5.32 Å². The number of nitrogens with zero attached hydrogens (tertiary/aromatic N) is 2. The van der Waals surface area contributed by atoms with E-state index >= 15 is 0 Å². The number of thiazole rings is 1. The summed E-state index contributed by atoms with van der Waals surface area (Å²) in [6.07, 6.45) is 0. The molecule has 1 aromatic carbocycles. The number of amides is 1. The Morgan fingerprint density at radius 3 is 2.54 bits per heavy atom. The highest BCUT2D eigenvalue weighted by Gasteiger charge is 2.54. The van der Waals surface area contributed by atoms with Crippen molar-refractivity contribution in [2.75, 3.05) is 19.6 Å². The molecule has 2 aromatic rings. The molecule has 2 atom stereocenters. The van der Waals surface area contributed by atoms with Crippen molar-refractivity contribution in [3.05, 3.63) is 52.0 Å².